The molecule has 0 saturated heterocycles. The molecule has 0 aliphatic heterocycles. The van der Waals surface area contributed by atoms with Crippen LogP contribution in [-0.2, 0) is 14.8 Å². The zero-order chi connectivity index (χ0) is 16.2. The van der Waals surface area contributed by atoms with Gasteiger partial charge in [0.05, 0.1) is 18.4 Å². The number of carbonyl (C=O) groups is 1. The van der Waals surface area contributed by atoms with Crippen molar-refractivity contribution in [3.05, 3.63) is 24.0 Å². The molecule has 1 aromatic carbocycles. The second kappa shape index (κ2) is 6.86. The highest BCUT2D eigenvalue weighted by molar-refractivity contribution is 7.89. The van der Waals surface area contributed by atoms with E-state index < -0.39 is 27.9 Å². The average molecular weight is 319 g/mol. The van der Waals surface area contributed by atoms with E-state index in [1.54, 1.807) is 13.8 Å². The Morgan fingerprint density at radius 3 is 2.48 bits per heavy atom. The third-order valence-electron chi connectivity index (χ3n) is 2.94. The molecule has 0 bridgehead atoms. The lowest BCUT2D eigenvalue weighted by atomic mass is 10.0. The number of methoxy groups -OCH3 is 1. The first kappa shape index (κ1) is 17.4. The zero-order valence-electron chi connectivity index (χ0n) is 12.0. The summed E-state index contributed by atoms with van der Waals surface area (Å²) in [6.45, 7) is 3.40. The summed E-state index contributed by atoms with van der Waals surface area (Å²) < 4.78 is 44.9. The van der Waals surface area contributed by atoms with E-state index in [9.17, 15) is 17.6 Å². The van der Waals surface area contributed by atoms with Gasteiger partial charge in [0.1, 0.15) is 0 Å². The number of sulfonamides is 1. The van der Waals surface area contributed by atoms with Crippen LogP contribution < -0.4 is 9.46 Å². The predicted molar refractivity (Wildman–Crippen MR) is 74.2 cm³/mol. The summed E-state index contributed by atoms with van der Waals surface area (Å²) in [5.41, 5.74) is 0. The molecule has 0 aromatic heterocycles. The minimum absolute atomic E-state index is 0.0695. The molecule has 21 heavy (non-hydrogen) atoms. The summed E-state index contributed by atoms with van der Waals surface area (Å²) in [6, 6.07) is 2.45. The second-order valence-electron chi connectivity index (χ2n) is 4.87. The quantitative estimate of drug-likeness (QED) is 0.796. The zero-order valence-corrected chi connectivity index (χ0v) is 12.8. The lowest BCUT2D eigenvalue weighted by molar-refractivity contribution is -0.137. The van der Waals surface area contributed by atoms with Gasteiger partial charge in [-0.2, -0.15) is 0 Å². The molecule has 0 aliphatic carbocycles. The molecule has 0 amide bonds. The molecule has 1 aromatic rings. The number of nitrogens with one attached hydrogen (secondary N) is 1. The number of rotatable bonds is 7. The summed E-state index contributed by atoms with van der Waals surface area (Å²) in [7, 11) is -2.74. The van der Waals surface area contributed by atoms with Gasteiger partial charge in [-0.05, 0) is 24.1 Å². The molecule has 1 rings (SSSR count). The van der Waals surface area contributed by atoms with E-state index >= 15 is 0 Å². The van der Waals surface area contributed by atoms with Crippen LogP contribution in [0.15, 0.2) is 23.1 Å². The number of halogens is 1. The van der Waals surface area contributed by atoms with Crippen LogP contribution in [0.1, 0.15) is 20.3 Å². The maximum atomic E-state index is 13.6. The van der Waals surface area contributed by atoms with Gasteiger partial charge < -0.3 is 9.84 Å². The minimum atomic E-state index is -4.01. The molecule has 0 heterocycles. The number of hydrogen-bond acceptors (Lipinski definition) is 4. The van der Waals surface area contributed by atoms with Gasteiger partial charge in [0.2, 0.25) is 10.0 Å². The van der Waals surface area contributed by atoms with Crippen molar-refractivity contribution in [3.63, 3.8) is 0 Å². The van der Waals surface area contributed by atoms with Crippen molar-refractivity contribution >= 4 is 16.0 Å². The van der Waals surface area contributed by atoms with Crippen LogP contribution in [0.4, 0.5) is 4.39 Å². The SMILES string of the molecule is COc1ccc(S(=O)(=O)NC(CC(=O)O)C(C)C)cc1F. The third kappa shape index (κ3) is 4.68. The van der Waals surface area contributed by atoms with Gasteiger partial charge in [-0.1, -0.05) is 13.8 Å². The Morgan fingerprint density at radius 1 is 1.43 bits per heavy atom. The Labute approximate surface area is 123 Å². The van der Waals surface area contributed by atoms with Crippen molar-refractivity contribution in [3.8, 4) is 5.75 Å². The Morgan fingerprint density at radius 2 is 2.05 bits per heavy atom. The van der Waals surface area contributed by atoms with Crippen molar-refractivity contribution in [1.82, 2.24) is 4.72 Å². The number of benzene rings is 1. The molecule has 0 aliphatic rings. The van der Waals surface area contributed by atoms with Crippen LogP contribution >= 0.6 is 0 Å². The second-order valence-corrected chi connectivity index (χ2v) is 6.58. The van der Waals surface area contributed by atoms with Gasteiger partial charge >= 0.3 is 5.97 Å². The number of aliphatic carboxylic acids is 1. The van der Waals surface area contributed by atoms with Crippen LogP contribution in [0.2, 0.25) is 0 Å². The summed E-state index contributed by atoms with van der Waals surface area (Å²) in [4.78, 5) is 10.5. The molecule has 6 nitrogen and oxygen atoms in total. The largest absolute Gasteiger partial charge is 0.494 e. The summed E-state index contributed by atoms with van der Waals surface area (Å²) in [5.74, 6) is -2.21. The molecule has 8 heteroatoms. The molecular formula is C13H18FNO5S. The van der Waals surface area contributed by atoms with Gasteiger partial charge in [-0.15, -0.1) is 0 Å². The number of ether oxygens (including phenoxy) is 1. The third-order valence-corrected chi connectivity index (χ3v) is 4.43. The molecular weight excluding hydrogens is 301 g/mol. The molecule has 118 valence electrons. The van der Waals surface area contributed by atoms with E-state index in [1.165, 1.54) is 19.2 Å². The van der Waals surface area contributed by atoms with Crippen molar-refractivity contribution in [2.45, 2.75) is 31.2 Å². The normalized spacial score (nSPS) is 13.2. The van der Waals surface area contributed by atoms with Crippen molar-refractivity contribution < 1.29 is 27.4 Å². The Hall–Kier alpha value is -1.67. The van der Waals surface area contributed by atoms with Crippen LogP contribution in [0, 0.1) is 11.7 Å². The highest BCUT2D eigenvalue weighted by Crippen LogP contribution is 2.21. The van der Waals surface area contributed by atoms with E-state index in [4.69, 9.17) is 9.84 Å². The fourth-order valence-corrected chi connectivity index (χ4v) is 3.08. The predicted octanol–water partition coefficient (Wildman–Crippen LogP) is 1.61. The fraction of sp³-hybridized carbons (Fsp3) is 0.462. The highest BCUT2D eigenvalue weighted by atomic mass is 32.2. The summed E-state index contributed by atoms with van der Waals surface area (Å²) in [6.07, 6.45) is -0.352. The van der Waals surface area contributed by atoms with Gasteiger partial charge in [0.15, 0.2) is 11.6 Å². The van der Waals surface area contributed by atoms with Gasteiger partial charge in [-0.25, -0.2) is 17.5 Å². The molecule has 0 radical (unpaired) electrons. The smallest absolute Gasteiger partial charge is 0.304 e. The van der Waals surface area contributed by atoms with E-state index in [1.807, 2.05) is 0 Å². The molecule has 0 saturated carbocycles. The Bertz CT molecular complexity index is 615. The molecule has 0 fully saturated rings. The van der Waals surface area contributed by atoms with Crippen LogP contribution in [0.3, 0.4) is 0 Å². The first-order valence-corrected chi connectivity index (χ1v) is 7.73. The maximum absolute atomic E-state index is 13.6. The Kier molecular flexibility index (Phi) is 5.68. The van der Waals surface area contributed by atoms with Crippen molar-refractivity contribution in [2.75, 3.05) is 7.11 Å². The minimum Gasteiger partial charge on any atom is -0.494 e. The van der Waals surface area contributed by atoms with Gasteiger partial charge in [0, 0.05) is 6.04 Å². The van der Waals surface area contributed by atoms with Gasteiger partial charge in [-0.3, -0.25) is 4.79 Å². The number of carboxylic acids is 1. The first-order chi connectivity index (χ1) is 9.67. The molecule has 2 N–H and O–H groups in total. The monoisotopic (exact) mass is 319 g/mol. The summed E-state index contributed by atoms with van der Waals surface area (Å²) in [5, 5.41) is 8.80. The summed E-state index contributed by atoms with van der Waals surface area (Å²) >= 11 is 0. The van der Waals surface area contributed by atoms with Crippen molar-refractivity contribution in [1.29, 1.82) is 0 Å². The maximum Gasteiger partial charge on any atom is 0.304 e. The number of hydrogen-bond donors (Lipinski definition) is 2. The van der Waals surface area contributed by atoms with Crippen molar-refractivity contribution in [2.24, 2.45) is 5.92 Å². The average Bonchev–Trinajstić information content (AvgIpc) is 2.36. The lowest BCUT2D eigenvalue weighted by Gasteiger charge is -2.20. The van der Waals surface area contributed by atoms with Crippen LogP contribution in [-0.4, -0.2) is 32.6 Å². The lowest BCUT2D eigenvalue weighted by Crippen LogP contribution is -2.40. The van der Waals surface area contributed by atoms with Gasteiger partial charge in [0.25, 0.3) is 0 Å². The van der Waals surface area contributed by atoms with E-state index in [0.717, 1.165) is 6.07 Å². The standard InChI is InChI=1S/C13H18FNO5S/c1-8(2)11(7-13(16)17)15-21(18,19)9-4-5-12(20-3)10(14)6-9/h4-6,8,11,15H,7H2,1-3H3,(H,16,17). The van der Waals surface area contributed by atoms with E-state index in [-0.39, 0.29) is 23.0 Å². The Balaban J connectivity index is 3.04. The molecule has 1 atom stereocenters. The molecule has 0 spiro atoms. The van der Waals surface area contributed by atoms with Crippen LogP contribution in [0.25, 0.3) is 0 Å². The highest BCUT2D eigenvalue weighted by Gasteiger charge is 2.25. The van der Waals surface area contributed by atoms with Crippen LogP contribution in [0.5, 0.6) is 5.75 Å². The number of carboxylic acid groups (broad SMARTS) is 1. The topological polar surface area (TPSA) is 92.7 Å². The van der Waals surface area contributed by atoms with E-state index in [2.05, 4.69) is 4.72 Å². The fourth-order valence-electron chi connectivity index (χ4n) is 1.68. The molecule has 1 unspecified atom stereocenters. The van der Waals surface area contributed by atoms with E-state index in [0.29, 0.717) is 0 Å². The first-order valence-electron chi connectivity index (χ1n) is 6.25.